The van der Waals surface area contributed by atoms with Gasteiger partial charge >= 0.3 is 5.97 Å². The monoisotopic (exact) mass is 465 g/mol. The summed E-state index contributed by atoms with van der Waals surface area (Å²) in [5, 5.41) is 4.25. The molecule has 1 fully saturated rings. The van der Waals surface area contributed by atoms with Gasteiger partial charge in [0.05, 0.1) is 16.5 Å². The van der Waals surface area contributed by atoms with Gasteiger partial charge in [0.15, 0.2) is 5.75 Å². The van der Waals surface area contributed by atoms with E-state index in [2.05, 4.69) is 25.2 Å². The van der Waals surface area contributed by atoms with Crippen LogP contribution in [0.3, 0.4) is 0 Å². The minimum absolute atomic E-state index is 0.0748. The van der Waals surface area contributed by atoms with Crippen molar-refractivity contribution >= 4 is 40.9 Å². The fraction of sp³-hybridized carbons (Fsp3) is 0.385. The van der Waals surface area contributed by atoms with Crippen molar-refractivity contribution < 1.29 is 23.5 Å². The number of hydrogen-bond donors (Lipinski definition) is 1. The second-order valence-corrected chi connectivity index (χ2v) is 10.3. The first-order chi connectivity index (χ1) is 15.9. The van der Waals surface area contributed by atoms with Gasteiger partial charge < -0.3 is 19.2 Å². The highest BCUT2D eigenvalue weighted by Crippen LogP contribution is 2.55. The highest BCUT2D eigenvalue weighted by Gasteiger charge is 2.33. The molecular formula is C26H27NO5S. The van der Waals surface area contributed by atoms with E-state index in [1.54, 1.807) is 12.1 Å². The van der Waals surface area contributed by atoms with Crippen molar-refractivity contribution in [3.8, 4) is 11.5 Å². The second-order valence-electron chi connectivity index (χ2n) is 9.14. The standard InChI is InChI=1S/C26H27NO5S/c1-14-4-6-17(7-5-14)26(29)32-19-8-9-20(30-13-28)24-23(19)27-25(33-24)22-12-18-16(3)10-15(2)11-21(18)31-22/h8-14,17,25,27H,4-7H2,1-3H3. The summed E-state index contributed by atoms with van der Waals surface area (Å²) in [5.41, 5.74) is 3.78. The summed E-state index contributed by atoms with van der Waals surface area (Å²) in [6.07, 6.45) is 3.81. The number of esters is 1. The Labute approximate surface area is 197 Å². The van der Waals surface area contributed by atoms with Gasteiger partial charge in [0.2, 0.25) is 0 Å². The van der Waals surface area contributed by atoms with Gasteiger partial charge in [0, 0.05) is 5.39 Å². The van der Waals surface area contributed by atoms with E-state index in [1.807, 2.05) is 19.1 Å². The van der Waals surface area contributed by atoms with Crippen LogP contribution >= 0.6 is 11.8 Å². The fourth-order valence-corrected chi connectivity index (χ4v) is 5.92. The van der Waals surface area contributed by atoms with Gasteiger partial charge in [-0.1, -0.05) is 24.8 Å². The summed E-state index contributed by atoms with van der Waals surface area (Å²) in [4.78, 5) is 24.6. The molecule has 172 valence electrons. The van der Waals surface area contributed by atoms with E-state index >= 15 is 0 Å². The van der Waals surface area contributed by atoms with Crippen LogP contribution in [-0.4, -0.2) is 12.4 Å². The predicted molar refractivity (Wildman–Crippen MR) is 128 cm³/mol. The third-order valence-corrected chi connectivity index (χ3v) is 7.82. The lowest BCUT2D eigenvalue weighted by Gasteiger charge is -2.24. The first-order valence-electron chi connectivity index (χ1n) is 11.4. The first-order valence-corrected chi connectivity index (χ1v) is 12.2. The smallest absolute Gasteiger partial charge is 0.314 e. The molecule has 0 spiro atoms. The molecule has 33 heavy (non-hydrogen) atoms. The number of thioether (sulfide) groups is 1. The summed E-state index contributed by atoms with van der Waals surface area (Å²) in [7, 11) is 0. The molecule has 1 atom stereocenters. The predicted octanol–water partition coefficient (Wildman–Crippen LogP) is 6.53. The number of aryl methyl sites for hydroxylation is 2. The maximum Gasteiger partial charge on any atom is 0.314 e. The molecule has 1 saturated carbocycles. The molecule has 0 saturated heterocycles. The summed E-state index contributed by atoms with van der Waals surface area (Å²) < 4.78 is 17.2. The molecule has 6 nitrogen and oxygen atoms in total. The Bertz CT molecular complexity index is 1230. The van der Waals surface area contributed by atoms with Crippen LogP contribution in [0.5, 0.6) is 11.5 Å². The first kappa shape index (κ1) is 21.9. The van der Waals surface area contributed by atoms with Gasteiger partial charge in [-0.2, -0.15) is 0 Å². The van der Waals surface area contributed by atoms with Gasteiger partial charge in [-0.25, -0.2) is 0 Å². The van der Waals surface area contributed by atoms with E-state index in [4.69, 9.17) is 13.9 Å². The Morgan fingerprint density at radius 1 is 1.12 bits per heavy atom. The molecule has 2 aliphatic rings. The highest BCUT2D eigenvalue weighted by atomic mass is 32.2. The zero-order valence-corrected chi connectivity index (χ0v) is 19.8. The van der Waals surface area contributed by atoms with Gasteiger partial charge in [-0.15, -0.1) is 0 Å². The zero-order valence-electron chi connectivity index (χ0n) is 19.0. The van der Waals surface area contributed by atoms with Crippen molar-refractivity contribution in [2.24, 2.45) is 11.8 Å². The number of fused-ring (bicyclic) bond motifs is 2. The minimum atomic E-state index is -0.239. The van der Waals surface area contributed by atoms with E-state index in [-0.39, 0.29) is 17.3 Å². The van der Waals surface area contributed by atoms with Crippen molar-refractivity contribution in [2.75, 3.05) is 5.32 Å². The van der Waals surface area contributed by atoms with Crippen molar-refractivity contribution in [2.45, 2.75) is 56.7 Å². The maximum atomic E-state index is 12.9. The van der Waals surface area contributed by atoms with Crippen LogP contribution in [0.15, 0.2) is 39.6 Å². The summed E-state index contributed by atoms with van der Waals surface area (Å²) in [5.74, 6) is 2.02. The zero-order chi connectivity index (χ0) is 23.1. The molecular weight excluding hydrogens is 438 g/mol. The van der Waals surface area contributed by atoms with Gasteiger partial charge in [0.1, 0.15) is 22.5 Å². The Balaban J connectivity index is 1.43. The molecule has 0 bridgehead atoms. The Morgan fingerprint density at radius 2 is 1.88 bits per heavy atom. The van der Waals surface area contributed by atoms with E-state index in [9.17, 15) is 9.59 Å². The number of nitrogens with one attached hydrogen (secondary N) is 1. The number of ether oxygens (including phenoxy) is 2. The maximum absolute atomic E-state index is 12.9. The number of furan rings is 1. The number of hydrogen-bond acceptors (Lipinski definition) is 7. The van der Waals surface area contributed by atoms with Crippen LogP contribution in [0.25, 0.3) is 11.0 Å². The van der Waals surface area contributed by atoms with E-state index in [1.165, 1.54) is 11.8 Å². The molecule has 0 radical (unpaired) electrons. The van der Waals surface area contributed by atoms with Crippen LogP contribution in [-0.2, 0) is 9.59 Å². The van der Waals surface area contributed by atoms with Crippen LogP contribution in [0.1, 0.15) is 54.9 Å². The Hall–Kier alpha value is -2.93. The molecule has 1 unspecified atom stereocenters. The Morgan fingerprint density at radius 3 is 2.64 bits per heavy atom. The normalized spacial score (nSPS) is 22.0. The van der Waals surface area contributed by atoms with Crippen molar-refractivity contribution in [3.05, 3.63) is 47.2 Å². The topological polar surface area (TPSA) is 77.8 Å². The Kier molecular flexibility index (Phi) is 5.83. The average Bonchev–Trinajstić information content (AvgIpc) is 3.41. The number of anilines is 1. The molecule has 1 aliphatic carbocycles. The highest BCUT2D eigenvalue weighted by molar-refractivity contribution is 8.00. The third kappa shape index (κ3) is 4.22. The molecule has 5 rings (SSSR count). The molecule has 1 aromatic heterocycles. The molecule has 1 aliphatic heterocycles. The summed E-state index contributed by atoms with van der Waals surface area (Å²) in [6.45, 7) is 6.75. The number of carbonyl (C=O) groups excluding carboxylic acids is 2. The summed E-state index contributed by atoms with van der Waals surface area (Å²) >= 11 is 1.48. The molecule has 1 N–H and O–H groups in total. The van der Waals surface area contributed by atoms with Crippen LogP contribution in [0, 0.1) is 25.7 Å². The van der Waals surface area contributed by atoms with Gasteiger partial charge in [-0.05, 0) is 80.8 Å². The van der Waals surface area contributed by atoms with Crippen LogP contribution in [0.4, 0.5) is 5.69 Å². The number of rotatable bonds is 5. The van der Waals surface area contributed by atoms with E-state index in [0.717, 1.165) is 58.4 Å². The quantitative estimate of drug-likeness (QED) is 0.261. The van der Waals surface area contributed by atoms with Crippen molar-refractivity contribution in [1.29, 1.82) is 0 Å². The van der Waals surface area contributed by atoms with Crippen molar-refractivity contribution in [3.63, 3.8) is 0 Å². The lowest BCUT2D eigenvalue weighted by Crippen LogP contribution is -2.25. The lowest BCUT2D eigenvalue weighted by atomic mass is 9.83. The van der Waals surface area contributed by atoms with Gasteiger partial charge in [0.25, 0.3) is 6.47 Å². The molecule has 2 aromatic carbocycles. The molecule has 0 amide bonds. The van der Waals surface area contributed by atoms with E-state index < -0.39 is 0 Å². The van der Waals surface area contributed by atoms with Crippen LogP contribution in [0.2, 0.25) is 0 Å². The van der Waals surface area contributed by atoms with Crippen LogP contribution < -0.4 is 14.8 Å². The third-order valence-electron chi connectivity index (χ3n) is 6.60. The SMILES string of the molecule is Cc1cc(C)c2cc(C3Nc4c(OC(=O)C5CCC(C)CC5)ccc(OC=O)c4S3)oc2c1. The minimum Gasteiger partial charge on any atom is -0.458 e. The average molecular weight is 466 g/mol. The largest absolute Gasteiger partial charge is 0.458 e. The number of benzene rings is 2. The molecule has 7 heteroatoms. The summed E-state index contributed by atoms with van der Waals surface area (Å²) in [6, 6.07) is 9.55. The second kappa shape index (κ2) is 8.78. The van der Waals surface area contributed by atoms with E-state index in [0.29, 0.717) is 29.6 Å². The lowest BCUT2D eigenvalue weighted by molar-refractivity contribution is -0.140. The van der Waals surface area contributed by atoms with Crippen molar-refractivity contribution in [1.82, 2.24) is 0 Å². The molecule has 2 heterocycles. The molecule has 3 aromatic rings. The number of carbonyl (C=O) groups is 2. The fourth-order valence-electron chi connectivity index (χ4n) is 4.76. The van der Waals surface area contributed by atoms with Gasteiger partial charge in [-0.3, -0.25) is 9.59 Å².